The quantitative estimate of drug-likeness (QED) is 0.0934. The predicted molar refractivity (Wildman–Crippen MR) is 187 cm³/mol. The molecule has 1 aromatic heterocycles. The van der Waals surface area contributed by atoms with Crippen LogP contribution in [-0.4, -0.2) is 96.0 Å². The van der Waals surface area contributed by atoms with E-state index in [2.05, 4.69) is 20.8 Å². The summed E-state index contributed by atoms with van der Waals surface area (Å²) in [5, 5.41) is 31.8. The average Bonchev–Trinajstić information content (AvgIpc) is 3.66. The summed E-state index contributed by atoms with van der Waals surface area (Å²) in [6.07, 6.45) is 0.184. The van der Waals surface area contributed by atoms with E-state index >= 15 is 0 Å². The van der Waals surface area contributed by atoms with Gasteiger partial charge in [-0.05, 0) is 48.1 Å². The smallest absolute Gasteiger partial charge is 0.318 e. The van der Waals surface area contributed by atoms with Crippen molar-refractivity contribution in [1.82, 2.24) is 24.8 Å². The molecule has 266 valence electrons. The second-order valence-corrected chi connectivity index (χ2v) is 15.7. The van der Waals surface area contributed by atoms with Gasteiger partial charge in [-0.25, -0.2) is 18.2 Å². The maximum atomic E-state index is 14.2. The fraction of sp³-hybridized carbons (Fsp3) is 0.471. The fourth-order valence-electron chi connectivity index (χ4n) is 6.01. The number of carbonyl (C=O) groups excluding carboxylic acids is 2. The monoisotopic (exact) mass is 714 g/mol. The molecule has 1 aliphatic heterocycles. The number of aliphatic hydroxyl groups excluding tert-OH is 1. The molecule has 3 amide bonds. The molecule has 1 saturated heterocycles. The van der Waals surface area contributed by atoms with E-state index in [4.69, 9.17) is 9.94 Å². The number of carbonyl (C=O) groups is 2. The normalized spacial score (nSPS) is 17.1. The molecule has 0 aliphatic carbocycles. The fourth-order valence-corrected chi connectivity index (χ4v) is 8.29. The van der Waals surface area contributed by atoms with Gasteiger partial charge in [0.15, 0.2) is 0 Å². The Kier molecular flexibility index (Phi) is 13.1. The van der Waals surface area contributed by atoms with Crippen molar-refractivity contribution in [3.05, 3.63) is 76.2 Å². The summed E-state index contributed by atoms with van der Waals surface area (Å²) in [6, 6.07) is 13.8. The Hall–Kier alpha value is -4.05. The molecule has 0 saturated carbocycles. The number of aliphatic hydroxyl groups is 1. The van der Waals surface area contributed by atoms with Crippen LogP contribution in [0.5, 0.6) is 5.75 Å². The van der Waals surface area contributed by atoms with Crippen LogP contribution in [0, 0.1) is 17.8 Å². The van der Waals surface area contributed by atoms with E-state index in [1.807, 2.05) is 58.0 Å². The Morgan fingerprint density at radius 3 is 2.47 bits per heavy atom. The summed E-state index contributed by atoms with van der Waals surface area (Å²) in [7, 11) is -2.51. The lowest BCUT2D eigenvalue weighted by molar-refractivity contribution is -0.129. The van der Waals surface area contributed by atoms with Crippen LogP contribution in [0.3, 0.4) is 0 Å². The highest BCUT2D eigenvalue weighted by Gasteiger charge is 2.43. The van der Waals surface area contributed by atoms with Crippen molar-refractivity contribution < 1.29 is 33.1 Å². The number of amides is 3. The zero-order valence-electron chi connectivity index (χ0n) is 28.4. The van der Waals surface area contributed by atoms with Gasteiger partial charge < -0.3 is 30.6 Å². The van der Waals surface area contributed by atoms with Gasteiger partial charge in [0.05, 0.1) is 48.3 Å². The number of hydrogen-bond acceptors (Lipinski definition) is 10. The van der Waals surface area contributed by atoms with Gasteiger partial charge in [0.25, 0.3) is 0 Å². The molecule has 1 unspecified atom stereocenters. The van der Waals surface area contributed by atoms with Crippen molar-refractivity contribution in [2.75, 3.05) is 26.7 Å². The van der Waals surface area contributed by atoms with Crippen LogP contribution >= 0.6 is 11.3 Å². The molecule has 3 aromatic rings. The Morgan fingerprint density at radius 1 is 1.16 bits per heavy atom. The van der Waals surface area contributed by atoms with E-state index in [0.717, 1.165) is 5.56 Å². The number of urea groups is 1. The first-order valence-corrected chi connectivity index (χ1v) is 18.5. The number of oxime groups is 1. The number of ether oxygens (including phenoxy) is 1. The molecular formula is C34H46N6O7S2. The summed E-state index contributed by atoms with van der Waals surface area (Å²) in [5.74, 6) is -0.756. The number of nitrogens with zero attached hydrogens (tertiary/aromatic N) is 4. The summed E-state index contributed by atoms with van der Waals surface area (Å²) >= 11 is 1.27. The number of thiazole rings is 1. The zero-order valence-corrected chi connectivity index (χ0v) is 30.0. The zero-order chi connectivity index (χ0) is 35.7. The summed E-state index contributed by atoms with van der Waals surface area (Å²) in [5.41, 5.74) is 1.44. The van der Waals surface area contributed by atoms with Crippen LogP contribution < -0.4 is 15.4 Å². The summed E-state index contributed by atoms with van der Waals surface area (Å²) < 4.78 is 34.2. The molecule has 15 heteroatoms. The van der Waals surface area contributed by atoms with Gasteiger partial charge >= 0.3 is 6.03 Å². The molecular weight excluding hydrogens is 669 g/mol. The summed E-state index contributed by atoms with van der Waals surface area (Å²) in [4.78, 5) is 33.2. The molecule has 1 fully saturated rings. The van der Waals surface area contributed by atoms with E-state index in [1.54, 1.807) is 22.4 Å². The van der Waals surface area contributed by atoms with Gasteiger partial charge in [-0.3, -0.25) is 4.79 Å². The maximum Gasteiger partial charge on any atom is 0.318 e. The number of sulfonamides is 1. The highest BCUT2D eigenvalue weighted by molar-refractivity contribution is 7.89. The molecule has 13 nitrogen and oxygen atoms in total. The lowest BCUT2D eigenvalue weighted by Crippen LogP contribution is -2.55. The molecule has 2 aromatic carbocycles. The second kappa shape index (κ2) is 17.1. The van der Waals surface area contributed by atoms with Crippen LogP contribution in [0.2, 0.25) is 0 Å². The molecule has 0 spiro atoms. The number of hydrogen-bond donors (Lipinski definition) is 4. The van der Waals surface area contributed by atoms with Gasteiger partial charge in [-0.2, -0.15) is 4.31 Å². The van der Waals surface area contributed by atoms with E-state index < -0.39 is 34.1 Å². The number of methoxy groups -OCH3 is 1. The standard InChI is InChI=1S/C34H46N6O7S2/c1-22(2)18-39(49(45,46)27-13-11-26(47-5)12-14-27)20-30(41)28(15-24-9-7-6-8-10-24)38-33(42)32(23(3)4)29-16-35-34(43)40(29)19-25-21-48-31(37-25)17-36-44/h6-14,17,21-23,28-30,32,41,44H,15-16,18-20H2,1-5H3,(H,35,43)(H,38,42)/t28-,29?,30+,32-/m0/s1. The lowest BCUT2D eigenvalue weighted by Gasteiger charge is -2.35. The molecule has 49 heavy (non-hydrogen) atoms. The largest absolute Gasteiger partial charge is 0.497 e. The average molecular weight is 715 g/mol. The molecule has 0 bridgehead atoms. The van der Waals surface area contributed by atoms with Crippen LogP contribution in [-0.2, 0) is 27.8 Å². The molecule has 0 radical (unpaired) electrons. The minimum Gasteiger partial charge on any atom is -0.497 e. The van der Waals surface area contributed by atoms with Crippen LogP contribution in [0.15, 0.2) is 70.0 Å². The molecule has 2 heterocycles. The minimum atomic E-state index is -4.01. The minimum absolute atomic E-state index is 0.0455. The first kappa shape index (κ1) is 37.8. The first-order valence-electron chi connectivity index (χ1n) is 16.2. The Balaban J connectivity index is 1.60. The Bertz CT molecular complexity index is 1670. The van der Waals surface area contributed by atoms with Crippen molar-refractivity contribution in [2.45, 2.75) is 63.7 Å². The van der Waals surface area contributed by atoms with Crippen molar-refractivity contribution in [2.24, 2.45) is 22.9 Å². The third-order valence-corrected chi connectivity index (χ3v) is 11.1. The number of benzene rings is 2. The van der Waals surface area contributed by atoms with Crippen LogP contribution in [0.25, 0.3) is 0 Å². The highest BCUT2D eigenvalue weighted by atomic mass is 32.2. The van der Waals surface area contributed by atoms with Gasteiger partial charge in [0.1, 0.15) is 17.0 Å². The van der Waals surface area contributed by atoms with Crippen LogP contribution in [0.4, 0.5) is 4.79 Å². The molecule has 4 rings (SSSR count). The highest BCUT2D eigenvalue weighted by Crippen LogP contribution is 2.27. The lowest BCUT2D eigenvalue weighted by atomic mass is 9.86. The summed E-state index contributed by atoms with van der Waals surface area (Å²) in [6.45, 7) is 7.87. The molecule has 1 aliphatic rings. The first-order chi connectivity index (χ1) is 23.3. The third kappa shape index (κ3) is 9.78. The number of nitrogens with one attached hydrogen (secondary N) is 2. The van der Waals surface area contributed by atoms with Gasteiger partial charge in [-0.15, -0.1) is 11.3 Å². The van der Waals surface area contributed by atoms with Gasteiger partial charge in [0, 0.05) is 25.0 Å². The topological polar surface area (TPSA) is 174 Å². The van der Waals surface area contributed by atoms with Crippen molar-refractivity contribution in [3.63, 3.8) is 0 Å². The number of rotatable bonds is 17. The van der Waals surface area contributed by atoms with Crippen molar-refractivity contribution in [3.8, 4) is 5.75 Å². The Labute approximate surface area is 292 Å². The van der Waals surface area contributed by atoms with Gasteiger partial charge in [0.2, 0.25) is 15.9 Å². The third-order valence-electron chi connectivity index (χ3n) is 8.38. The predicted octanol–water partition coefficient (Wildman–Crippen LogP) is 3.56. The SMILES string of the molecule is COc1ccc(S(=O)(=O)N(CC(C)C)C[C@@H](O)[C@H](Cc2ccccc2)NC(=O)[C@@H](C(C)C)C2CNC(=O)N2Cc2csc(C=NO)n2)cc1. The van der Waals surface area contributed by atoms with E-state index in [-0.39, 0.29) is 61.3 Å². The second-order valence-electron chi connectivity index (χ2n) is 12.8. The van der Waals surface area contributed by atoms with E-state index in [9.17, 15) is 23.1 Å². The molecule has 4 atom stereocenters. The van der Waals surface area contributed by atoms with Gasteiger partial charge in [-0.1, -0.05) is 63.2 Å². The van der Waals surface area contributed by atoms with E-state index in [0.29, 0.717) is 16.5 Å². The maximum absolute atomic E-state index is 14.2. The molecule has 4 N–H and O–H groups in total. The van der Waals surface area contributed by atoms with Crippen molar-refractivity contribution >= 4 is 39.5 Å². The van der Waals surface area contributed by atoms with Crippen LogP contribution in [0.1, 0.15) is 44.0 Å². The number of aromatic nitrogens is 1. The van der Waals surface area contributed by atoms with E-state index in [1.165, 1.54) is 41.1 Å². The Morgan fingerprint density at radius 2 is 1.86 bits per heavy atom. The van der Waals surface area contributed by atoms with Crippen molar-refractivity contribution in [1.29, 1.82) is 0 Å².